The van der Waals surface area contributed by atoms with Crippen molar-refractivity contribution >= 4 is 149 Å². The number of carbonyl (C=O) groups is 5. The molecular weight excluding hydrogens is 1810 g/mol. The molecule has 0 aliphatic carbocycles. The van der Waals surface area contributed by atoms with E-state index in [2.05, 4.69) is 134 Å². The minimum absolute atomic E-state index is 0. The fourth-order valence-electron chi connectivity index (χ4n) is 10.1. The monoisotopic (exact) mass is 1890 g/mol. The molecule has 0 atom stereocenters. The molecule has 5 N–H and O–H groups in total. The first-order valence-corrected chi connectivity index (χ1v) is 47.0. The third-order valence-corrected chi connectivity index (χ3v) is 15.3. The van der Waals surface area contributed by atoms with Crippen LogP contribution in [0, 0.1) is 17.8 Å². The molecule has 5 aromatic carbocycles. The summed E-state index contributed by atoms with van der Waals surface area (Å²) in [6.45, 7) is 4.16. The van der Waals surface area contributed by atoms with E-state index in [9.17, 15) is 24.0 Å². The molecule has 11 rings (SSSR count). The van der Waals surface area contributed by atoms with Crippen molar-refractivity contribution in [2.75, 3.05) is 81.5 Å². The summed E-state index contributed by atoms with van der Waals surface area (Å²) in [6.07, 6.45) is 7.47. The first-order valence-electron chi connectivity index (χ1n) is 31.0. The molecule has 3 aromatic heterocycles. The number of carbonyl (C=O) groups excluding carboxylic acids is 5. The Balaban J connectivity index is 0.000000288. The predicted molar refractivity (Wildman–Crippen MR) is 425 cm³/mol. The number of halogens is 5. The summed E-state index contributed by atoms with van der Waals surface area (Å²) in [4.78, 5) is 91.6. The number of likely N-dealkylation sites (tertiary alicyclic amines) is 2. The summed E-state index contributed by atoms with van der Waals surface area (Å²) < 4.78 is 31.2. The molecule has 31 heteroatoms. The summed E-state index contributed by atoms with van der Waals surface area (Å²) in [5.74, 6) is 3.29. The molecule has 3 fully saturated rings. The maximum absolute atomic E-state index is 12.8. The van der Waals surface area contributed by atoms with Gasteiger partial charge in [-0.3, -0.25) is 14.4 Å². The second kappa shape index (κ2) is 49.0. The van der Waals surface area contributed by atoms with Crippen LogP contribution < -0.4 is 40.1 Å². The zero-order chi connectivity index (χ0) is 71.2. The molecule has 24 nitrogen and oxygen atoms in total. The van der Waals surface area contributed by atoms with Crippen molar-refractivity contribution in [1.29, 1.82) is 0 Å². The summed E-state index contributed by atoms with van der Waals surface area (Å²) >= 11 is 15.3. The van der Waals surface area contributed by atoms with Crippen LogP contribution in [0.1, 0.15) is 64.5 Å². The van der Waals surface area contributed by atoms with E-state index in [1.54, 1.807) is 61.5 Å². The molecule has 3 aliphatic heterocycles. The van der Waals surface area contributed by atoms with E-state index >= 15 is 0 Å². The average molecular weight is 1890 g/mol. The quantitative estimate of drug-likeness (QED) is 0.0245. The van der Waals surface area contributed by atoms with Gasteiger partial charge in [0.05, 0.1) is 32.7 Å². The van der Waals surface area contributed by atoms with Gasteiger partial charge >= 0.3 is 84.7 Å². The van der Waals surface area contributed by atoms with Crippen LogP contribution in [-0.4, -0.2) is 148 Å². The number of ether oxygens (including phenoxy) is 5. The van der Waals surface area contributed by atoms with Crippen molar-refractivity contribution in [1.82, 2.24) is 45.0 Å². The maximum atomic E-state index is 12.8. The van der Waals surface area contributed by atoms with Gasteiger partial charge in [0.25, 0.3) is 0 Å². The zero-order valence-corrected chi connectivity index (χ0v) is 65.5. The molecule has 101 heavy (non-hydrogen) atoms. The number of nitrogens with one attached hydrogen (secondary N) is 4. The molecule has 0 bridgehead atoms. The Bertz CT molecular complexity index is 3760. The number of benzene rings is 5. The Morgan fingerprint density at radius 1 is 0.505 bits per heavy atom. The van der Waals surface area contributed by atoms with Crippen molar-refractivity contribution in [2.45, 2.75) is 66.6 Å². The van der Waals surface area contributed by atoms with Crippen LogP contribution in [-0.2, 0) is 42.0 Å². The van der Waals surface area contributed by atoms with Crippen molar-refractivity contribution < 1.29 is 62.3 Å². The molecule has 5 amide bonds. The Morgan fingerprint density at radius 3 is 1.22 bits per heavy atom. The summed E-state index contributed by atoms with van der Waals surface area (Å²) in [7, 11) is 5.39. The number of alkyl halides is 1. The minimum atomic E-state index is -0.352. The fourth-order valence-corrected chi connectivity index (χ4v) is 10.2. The van der Waals surface area contributed by atoms with E-state index in [1.807, 2.05) is 120 Å². The molecule has 1 radical (unpaired) electrons. The van der Waals surface area contributed by atoms with Crippen LogP contribution in [0.4, 0.5) is 27.0 Å². The number of piperidine rings is 3. The Labute approximate surface area is 648 Å². The van der Waals surface area contributed by atoms with Crippen molar-refractivity contribution in [3.8, 4) is 45.5 Å². The molecule has 3 saturated heterocycles. The van der Waals surface area contributed by atoms with E-state index in [1.165, 1.54) is 25.0 Å². The Kier molecular flexibility index (Phi) is 42.1. The van der Waals surface area contributed by atoms with E-state index in [-0.39, 0.29) is 85.8 Å². The number of para-hydroxylation sites is 4. The number of hydrogen-bond donors (Lipinski definition) is 5. The normalized spacial score (nSPS) is 13.2. The second-order valence-electron chi connectivity index (χ2n) is 21.4. The number of aromatic nitrogens is 6. The standard InChI is InChI=1S/C25H26N4O4.C18H19ClN4O3.C17H20N4O2.C7H8BO3.CH3I.2CH4.3HI.V/c1-32-22-10-6-5-9-20(22)21-15-23(27-17-26-21)28-24(30)19-11-13-29(14-12-19)25(31)33-16-18-7-3-2-4-8-18;19-15-10-16(21-12-20-15)22-17(24)14-6-8-23(9-7-14)18(25)26-11-13-4-2-1-3-5-13;1-23-15-5-3-2-4-13(15)14-10-16(20-11-19-14)21-17(22)12-6-8-18-9-7-12;1-10-6-4-2-3-5-7(6)11-8-9;1-2;;;;;;/h2-10,15,17,19H,11-14,16H2,1H3,(H,26,27,28,30);1-5,10,12,14H,6-9,11H2,(H,20,21,22,24);2-5,10-12,18H,6-9H2,1H3,(H,19,20,21,22);2-5,9H,1H3;1H3;2*1H4;3*1H;/q;;;;;;;;;;+3/p-3. The fraction of sp³-hybridized carbons (Fsp3) is 0.329. The number of hydrogen-bond acceptors (Lipinski definition) is 19. The molecule has 3 aliphatic rings. The molecule has 0 spiro atoms. The third-order valence-electron chi connectivity index (χ3n) is 15.1. The molecule has 0 saturated carbocycles. The van der Waals surface area contributed by atoms with Gasteiger partial charge in [0.1, 0.15) is 72.1 Å². The van der Waals surface area contributed by atoms with Crippen LogP contribution in [0.15, 0.2) is 171 Å². The molecule has 0 unspecified atom stereocenters. The topological polar surface area (TPSA) is 293 Å². The molecule has 539 valence electrons. The number of anilines is 3. The molecular formula is C70H84BClI4N12O12V. The Morgan fingerprint density at radius 2 is 0.842 bits per heavy atom. The summed E-state index contributed by atoms with van der Waals surface area (Å²) in [5, 5.41) is 20.4. The van der Waals surface area contributed by atoms with E-state index < -0.39 is 0 Å². The van der Waals surface area contributed by atoms with Gasteiger partial charge in [-0.2, -0.15) is 0 Å². The van der Waals surface area contributed by atoms with E-state index in [0.717, 1.165) is 59.6 Å². The number of amides is 5. The van der Waals surface area contributed by atoms with E-state index in [0.29, 0.717) is 99.9 Å². The summed E-state index contributed by atoms with van der Waals surface area (Å²) in [5.41, 5.74) is 4.96. The van der Waals surface area contributed by atoms with Crippen molar-refractivity contribution in [3.05, 3.63) is 187 Å². The van der Waals surface area contributed by atoms with Gasteiger partial charge in [0.2, 0.25) is 17.7 Å². The SMILES string of the molecule is C.C.CI.COc1ccccc1-c1cc(NC(=O)C2CCN(C(=O)OCc3ccccc3)CC2)ncn1.COc1ccccc1-c1cc(NC(=O)C2CCNCC2)ncn1.COc1ccccc1O[B]O.O=C(Nc1cc(Cl)ncn1)C1CCN(C(=O)OCc2ccccc2)CC1.[I][V]([I])[I]. The van der Waals surface area contributed by atoms with Gasteiger partial charge in [-0.15, -0.1) is 0 Å². The van der Waals surface area contributed by atoms with Gasteiger partial charge in [0.15, 0.2) is 5.75 Å². The van der Waals surface area contributed by atoms with E-state index in [4.69, 9.17) is 45.0 Å². The van der Waals surface area contributed by atoms with Crippen molar-refractivity contribution in [2.24, 2.45) is 17.8 Å². The van der Waals surface area contributed by atoms with Crippen LogP contribution in [0.2, 0.25) is 5.15 Å². The summed E-state index contributed by atoms with van der Waals surface area (Å²) in [6, 6.07) is 46.3. The third kappa shape index (κ3) is 30.6. The van der Waals surface area contributed by atoms with Gasteiger partial charge in [-0.05, 0) is 104 Å². The number of methoxy groups -OCH3 is 3. The first-order chi connectivity index (χ1) is 48.1. The molecule has 8 aromatic rings. The van der Waals surface area contributed by atoms with Gasteiger partial charge in [0, 0.05) is 73.3 Å². The molecule has 6 heterocycles. The predicted octanol–water partition coefficient (Wildman–Crippen LogP) is 14.9. The zero-order valence-electron chi connectivity index (χ0n) is 54.7. The Hall–Kier alpha value is -6.73. The second-order valence-corrected chi connectivity index (χ2v) is 57.1. The van der Waals surface area contributed by atoms with Gasteiger partial charge < -0.3 is 64.4 Å². The van der Waals surface area contributed by atoms with Crippen LogP contribution in [0.25, 0.3) is 22.5 Å². The van der Waals surface area contributed by atoms with Gasteiger partial charge in [-0.25, -0.2) is 39.5 Å². The van der Waals surface area contributed by atoms with Crippen LogP contribution in [0.3, 0.4) is 0 Å². The van der Waals surface area contributed by atoms with Crippen LogP contribution in [0.5, 0.6) is 23.0 Å². The average Bonchev–Trinajstić information content (AvgIpc) is 0.846. The van der Waals surface area contributed by atoms with Crippen molar-refractivity contribution in [3.63, 3.8) is 0 Å². The van der Waals surface area contributed by atoms with Crippen LogP contribution >= 0.6 is 94.1 Å². The first kappa shape index (κ1) is 86.7. The number of nitrogens with zero attached hydrogens (tertiary/aromatic N) is 8. The number of rotatable bonds is 17. The van der Waals surface area contributed by atoms with Gasteiger partial charge in [-0.1, -0.05) is 146 Å².